The first-order valence-corrected chi connectivity index (χ1v) is 8.98. The quantitative estimate of drug-likeness (QED) is 0.400. The van der Waals surface area contributed by atoms with Crippen molar-refractivity contribution in [1.29, 1.82) is 0 Å². The Morgan fingerprint density at radius 2 is 1.89 bits per heavy atom. The van der Waals surface area contributed by atoms with E-state index in [9.17, 15) is 9.50 Å². The zero-order valence-corrected chi connectivity index (χ0v) is 15.9. The van der Waals surface area contributed by atoms with Crippen LogP contribution in [-0.2, 0) is 0 Å². The molecule has 0 fully saturated rings. The first-order valence-electron chi connectivity index (χ1n) is 8.19. The van der Waals surface area contributed by atoms with Gasteiger partial charge in [-0.3, -0.25) is 4.99 Å². The molecule has 0 radical (unpaired) electrons. The van der Waals surface area contributed by atoms with E-state index in [1.807, 2.05) is 13.0 Å². The number of aromatic hydroxyl groups is 1. The lowest BCUT2D eigenvalue weighted by Gasteiger charge is -2.03. The Labute approximate surface area is 163 Å². The van der Waals surface area contributed by atoms with Crippen molar-refractivity contribution in [2.45, 2.75) is 6.92 Å². The summed E-state index contributed by atoms with van der Waals surface area (Å²) in [6.07, 6.45) is 1.61. The van der Waals surface area contributed by atoms with Gasteiger partial charge in [0, 0.05) is 21.8 Å². The number of halogens is 2. The molecule has 6 heteroatoms. The van der Waals surface area contributed by atoms with E-state index in [2.05, 4.69) is 25.9 Å². The van der Waals surface area contributed by atoms with Crippen molar-refractivity contribution >= 4 is 38.9 Å². The van der Waals surface area contributed by atoms with Crippen LogP contribution < -0.4 is 0 Å². The van der Waals surface area contributed by atoms with Crippen LogP contribution in [0.5, 0.6) is 5.75 Å². The minimum Gasteiger partial charge on any atom is -0.507 e. The summed E-state index contributed by atoms with van der Waals surface area (Å²) in [6.45, 7) is 1.83. The Bertz CT molecular complexity index is 1170. The van der Waals surface area contributed by atoms with Gasteiger partial charge in [-0.05, 0) is 67.1 Å². The van der Waals surface area contributed by atoms with Gasteiger partial charge >= 0.3 is 0 Å². The number of phenolic OH excluding ortho intramolecular Hbond substituents is 1. The maximum Gasteiger partial charge on any atom is 0.227 e. The molecule has 0 saturated heterocycles. The van der Waals surface area contributed by atoms with Crippen molar-refractivity contribution in [1.82, 2.24) is 4.98 Å². The largest absolute Gasteiger partial charge is 0.507 e. The number of phenols is 1. The molecule has 4 aromatic rings. The van der Waals surface area contributed by atoms with E-state index < -0.39 is 0 Å². The SMILES string of the molecule is Cc1cc(Br)cc(C=Nc2ccc3oc(-c4ccc(F)cc4)nc3c2)c1O. The van der Waals surface area contributed by atoms with Crippen LogP contribution in [0.4, 0.5) is 10.1 Å². The van der Waals surface area contributed by atoms with Crippen molar-refractivity contribution < 1.29 is 13.9 Å². The first kappa shape index (κ1) is 17.4. The number of hydrogen-bond acceptors (Lipinski definition) is 4. The van der Waals surface area contributed by atoms with Gasteiger partial charge in [0.15, 0.2) is 5.58 Å². The van der Waals surface area contributed by atoms with Crippen molar-refractivity contribution in [3.63, 3.8) is 0 Å². The third kappa shape index (κ3) is 3.61. The highest BCUT2D eigenvalue weighted by Crippen LogP contribution is 2.29. The highest BCUT2D eigenvalue weighted by atomic mass is 79.9. The topological polar surface area (TPSA) is 58.6 Å². The smallest absolute Gasteiger partial charge is 0.227 e. The summed E-state index contributed by atoms with van der Waals surface area (Å²) in [5.74, 6) is 0.312. The highest BCUT2D eigenvalue weighted by molar-refractivity contribution is 9.10. The van der Waals surface area contributed by atoms with Gasteiger partial charge in [0.1, 0.15) is 17.1 Å². The minimum atomic E-state index is -0.308. The average Bonchev–Trinajstić information content (AvgIpc) is 3.07. The average molecular weight is 425 g/mol. The second kappa shape index (κ2) is 6.96. The van der Waals surface area contributed by atoms with E-state index in [1.165, 1.54) is 12.1 Å². The molecule has 0 atom stereocenters. The molecule has 0 unspecified atom stereocenters. The molecule has 3 aromatic carbocycles. The Kier molecular flexibility index (Phi) is 4.49. The molecule has 0 aliphatic carbocycles. The summed E-state index contributed by atoms with van der Waals surface area (Å²) < 4.78 is 19.7. The molecule has 1 heterocycles. The molecule has 1 N–H and O–H groups in total. The number of aryl methyl sites for hydroxylation is 1. The number of nitrogens with zero attached hydrogens (tertiary/aromatic N) is 2. The van der Waals surface area contributed by atoms with Gasteiger partial charge in [0.05, 0.1) is 5.69 Å². The summed E-state index contributed by atoms with van der Waals surface area (Å²) in [6, 6.07) is 15.0. The van der Waals surface area contributed by atoms with E-state index in [0.717, 1.165) is 10.0 Å². The van der Waals surface area contributed by atoms with Gasteiger partial charge in [0.25, 0.3) is 0 Å². The normalized spacial score (nSPS) is 11.5. The molecule has 4 nitrogen and oxygen atoms in total. The lowest BCUT2D eigenvalue weighted by molar-refractivity contribution is 0.470. The Hall–Kier alpha value is -2.99. The fourth-order valence-electron chi connectivity index (χ4n) is 2.72. The van der Waals surface area contributed by atoms with Gasteiger partial charge in [-0.1, -0.05) is 15.9 Å². The van der Waals surface area contributed by atoms with E-state index >= 15 is 0 Å². The van der Waals surface area contributed by atoms with E-state index in [0.29, 0.717) is 33.8 Å². The molecular formula is C21H14BrFN2O2. The Balaban J connectivity index is 1.67. The molecule has 1 aromatic heterocycles. The Morgan fingerprint density at radius 3 is 2.67 bits per heavy atom. The van der Waals surface area contributed by atoms with E-state index in [4.69, 9.17) is 4.42 Å². The predicted octanol–water partition coefficient (Wildman–Crippen LogP) is 6.16. The maximum atomic E-state index is 13.1. The molecule has 0 spiro atoms. The van der Waals surface area contributed by atoms with Crippen LogP contribution in [0.1, 0.15) is 11.1 Å². The lowest BCUT2D eigenvalue weighted by Crippen LogP contribution is -1.86. The fourth-order valence-corrected chi connectivity index (χ4v) is 3.31. The van der Waals surface area contributed by atoms with Gasteiger partial charge in [-0.25, -0.2) is 9.37 Å². The predicted molar refractivity (Wildman–Crippen MR) is 107 cm³/mol. The number of oxazole rings is 1. The molecule has 27 heavy (non-hydrogen) atoms. The summed E-state index contributed by atoms with van der Waals surface area (Å²) >= 11 is 3.42. The van der Waals surface area contributed by atoms with Gasteiger partial charge in [-0.15, -0.1) is 0 Å². The molecular weight excluding hydrogens is 411 g/mol. The summed E-state index contributed by atoms with van der Waals surface area (Å²) in [5, 5.41) is 10.2. The maximum absolute atomic E-state index is 13.1. The summed E-state index contributed by atoms with van der Waals surface area (Å²) in [7, 11) is 0. The van der Waals surface area contributed by atoms with Crippen molar-refractivity contribution in [3.05, 3.63) is 76.0 Å². The van der Waals surface area contributed by atoms with Crippen LogP contribution in [0.2, 0.25) is 0 Å². The first-order chi connectivity index (χ1) is 13.0. The molecule has 134 valence electrons. The van der Waals surface area contributed by atoms with Crippen LogP contribution >= 0.6 is 15.9 Å². The fraction of sp³-hybridized carbons (Fsp3) is 0.0476. The zero-order chi connectivity index (χ0) is 19.0. The van der Waals surface area contributed by atoms with E-state index in [1.54, 1.807) is 42.6 Å². The van der Waals surface area contributed by atoms with Crippen LogP contribution in [-0.4, -0.2) is 16.3 Å². The molecule has 0 amide bonds. The van der Waals surface area contributed by atoms with Crippen LogP contribution in [0, 0.1) is 12.7 Å². The van der Waals surface area contributed by atoms with Crippen LogP contribution in [0.25, 0.3) is 22.6 Å². The van der Waals surface area contributed by atoms with Crippen molar-refractivity contribution in [3.8, 4) is 17.2 Å². The standard InChI is InChI=1S/C21H14BrFN2O2/c1-12-8-15(22)9-14(20(12)26)11-24-17-6-7-19-18(10-17)25-21(27-19)13-2-4-16(23)5-3-13/h2-11,26H,1H3. The van der Waals surface area contributed by atoms with Crippen LogP contribution in [0.3, 0.4) is 0 Å². The number of aromatic nitrogens is 1. The summed E-state index contributed by atoms with van der Waals surface area (Å²) in [4.78, 5) is 8.88. The molecule has 4 rings (SSSR count). The molecule has 0 saturated carbocycles. The molecule has 0 aliphatic rings. The minimum absolute atomic E-state index is 0.197. The van der Waals surface area contributed by atoms with E-state index in [-0.39, 0.29) is 11.6 Å². The summed E-state index contributed by atoms with van der Waals surface area (Å²) in [5.41, 5.74) is 4.04. The van der Waals surface area contributed by atoms with Gasteiger partial charge in [-0.2, -0.15) is 0 Å². The second-order valence-electron chi connectivity index (χ2n) is 6.10. The number of rotatable bonds is 3. The third-order valence-electron chi connectivity index (χ3n) is 4.11. The molecule has 0 bridgehead atoms. The number of fused-ring (bicyclic) bond motifs is 1. The number of aliphatic imine (C=N–C) groups is 1. The van der Waals surface area contributed by atoms with Crippen LogP contribution in [0.15, 0.2) is 68.5 Å². The monoisotopic (exact) mass is 424 g/mol. The van der Waals surface area contributed by atoms with Crippen molar-refractivity contribution in [2.75, 3.05) is 0 Å². The van der Waals surface area contributed by atoms with Gasteiger partial charge in [0.2, 0.25) is 5.89 Å². The number of hydrogen-bond donors (Lipinski definition) is 1. The lowest BCUT2D eigenvalue weighted by atomic mass is 10.1. The highest BCUT2D eigenvalue weighted by Gasteiger charge is 2.09. The second-order valence-corrected chi connectivity index (χ2v) is 7.01. The Morgan fingerprint density at radius 1 is 1.11 bits per heavy atom. The number of benzene rings is 3. The zero-order valence-electron chi connectivity index (χ0n) is 14.3. The van der Waals surface area contributed by atoms with Gasteiger partial charge < -0.3 is 9.52 Å². The van der Waals surface area contributed by atoms with Crippen molar-refractivity contribution in [2.24, 2.45) is 4.99 Å². The third-order valence-corrected chi connectivity index (χ3v) is 4.57. The molecule has 0 aliphatic heterocycles.